The van der Waals surface area contributed by atoms with Gasteiger partial charge in [0.05, 0.1) is 6.33 Å². The normalized spacial score (nSPS) is 10.2. The molecule has 2 aromatic rings. The Morgan fingerprint density at radius 3 is 2.63 bits per heavy atom. The zero-order chi connectivity index (χ0) is 13.8. The van der Waals surface area contributed by atoms with Crippen LogP contribution in [0.2, 0.25) is 0 Å². The van der Waals surface area contributed by atoms with Gasteiger partial charge in [0.2, 0.25) is 0 Å². The zero-order valence-corrected chi connectivity index (χ0v) is 9.61. The van der Waals surface area contributed by atoms with Crippen LogP contribution in [0.4, 0.5) is 8.78 Å². The van der Waals surface area contributed by atoms with Crippen LogP contribution in [0.5, 0.6) is 0 Å². The molecule has 0 bridgehead atoms. The number of aromatic amines is 1. The molecule has 2 rings (SSSR count). The Labute approximate surface area is 106 Å². The smallest absolute Gasteiger partial charge is 0.270 e. The van der Waals surface area contributed by atoms with Gasteiger partial charge in [0.25, 0.3) is 11.5 Å². The average molecular weight is 265 g/mol. The number of aromatic nitrogens is 2. The molecule has 1 aromatic heterocycles. The van der Waals surface area contributed by atoms with E-state index in [1.54, 1.807) is 0 Å². The molecule has 7 heteroatoms. The molecule has 0 unspecified atom stereocenters. The molecule has 1 heterocycles. The summed E-state index contributed by atoms with van der Waals surface area (Å²) in [6.45, 7) is -0.328. The van der Waals surface area contributed by atoms with E-state index in [4.69, 9.17) is 0 Å². The van der Waals surface area contributed by atoms with Gasteiger partial charge in [-0.05, 0) is 12.1 Å². The van der Waals surface area contributed by atoms with E-state index < -0.39 is 23.1 Å². The highest BCUT2D eigenvalue weighted by Crippen LogP contribution is 2.11. The highest BCUT2D eigenvalue weighted by Gasteiger charge is 2.12. The molecule has 0 fully saturated rings. The van der Waals surface area contributed by atoms with Crippen LogP contribution < -0.4 is 10.9 Å². The monoisotopic (exact) mass is 265 g/mol. The van der Waals surface area contributed by atoms with Gasteiger partial charge in [0, 0.05) is 18.2 Å². The summed E-state index contributed by atoms with van der Waals surface area (Å²) in [6, 6.07) is 4.41. The third-order valence-corrected chi connectivity index (χ3v) is 2.40. The number of H-pyrrole nitrogens is 1. The molecule has 2 N–H and O–H groups in total. The predicted octanol–water partition coefficient (Wildman–Crippen LogP) is 0.978. The summed E-state index contributed by atoms with van der Waals surface area (Å²) in [5.41, 5.74) is -0.863. The van der Waals surface area contributed by atoms with Gasteiger partial charge in [-0.15, -0.1) is 0 Å². The van der Waals surface area contributed by atoms with E-state index in [-0.39, 0.29) is 17.8 Å². The fourth-order valence-corrected chi connectivity index (χ4v) is 1.45. The number of benzene rings is 1. The zero-order valence-electron chi connectivity index (χ0n) is 9.61. The van der Waals surface area contributed by atoms with Crippen molar-refractivity contribution in [3.8, 4) is 0 Å². The summed E-state index contributed by atoms with van der Waals surface area (Å²) < 4.78 is 26.6. The number of rotatable bonds is 3. The Bertz CT molecular complexity index is 650. The lowest BCUT2D eigenvalue weighted by Crippen LogP contribution is -2.26. The van der Waals surface area contributed by atoms with Crippen molar-refractivity contribution in [1.29, 1.82) is 0 Å². The summed E-state index contributed by atoms with van der Waals surface area (Å²) >= 11 is 0. The van der Waals surface area contributed by atoms with Gasteiger partial charge in [0.15, 0.2) is 0 Å². The molecule has 0 aliphatic heterocycles. The highest BCUT2D eigenvalue weighted by atomic mass is 19.1. The maximum absolute atomic E-state index is 13.3. The van der Waals surface area contributed by atoms with Crippen molar-refractivity contribution in [2.24, 2.45) is 0 Å². The van der Waals surface area contributed by atoms with E-state index in [0.717, 1.165) is 24.5 Å². The number of hydrogen-bond donors (Lipinski definition) is 2. The summed E-state index contributed by atoms with van der Waals surface area (Å²) in [7, 11) is 0. The van der Waals surface area contributed by atoms with Crippen LogP contribution in [-0.4, -0.2) is 15.9 Å². The van der Waals surface area contributed by atoms with Gasteiger partial charge in [0.1, 0.15) is 17.3 Å². The molecule has 1 amide bonds. The number of halogens is 2. The van der Waals surface area contributed by atoms with Crippen molar-refractivity contribution in [3.63, 3.8) is 0 Å². The fraction of sp³-hybridized carbons (Fsp3) is 0.0833. The molecule has 19 heavy (non-hydrogen) atoms. The Morgan fingerprint density at radius 2 is 2.00 bits per heavy atom. The molecule has 0 atom stereocenters. The summed E-state index contributed by atoms with van der Waals surface area (Å²) in [5.74, 6) is -2.19. The summed E-state index contributed by atoms with van der Waals surface area (Å²) in [6.07, 6.45) is 1.07. The van der Waals surface area contributed by atoms with Crippen LogP contribution in [-0.2, 0) is 6.54 Å². The van der Waals surface area contributed by atoms with E-state index >= 15 is 0 Å². The van der Waals surface area contributed by atoms with Crippen LogP contribution in [0.3, 0.4) is 0 Å². The minimum Gasteiger partial charge on any atom is -0.346 e. The van der Waals surface area contributed by atoms with Gasteiger partial charge in [-0.3, -0.25) is 9.59 Å². The Morgan fingerprint density at radius 1 is 1.32 bits per heavy atom. The first-order chi connectivity index (χ1) is 9.08. The summed E-state index contributed by atoms with van der Waals surface area (Å²) in [5, 5.41) is 2.29. The van der Waals surface area contributed by atoms with E-state index in [1.807, 2.05) is 0 Å². The lowest BCUT2D eigenvalue weighted by molar-refractivity contribution is 0.0945. The minimum atomic E-state index is -0.751. The number of nitrogens with one attached hydrogen (secondary N) is 2. The molecule has 0 aliphatic rings. The lowest BCUT2D eigenvalue weighted by atomic mass is 10.2. The molecule has 0 spiro atoms. The molecular weight excluding hydrogens is 256 g/mol. The molecule has 5 nitrogen and oxygen atoms in total. The first kappa shape index (κ1) is 12.9. The minimum absolute atomic E-state index is 0.125. The molecule has 0 saturated carbocycles. The van der Waals surface area contributed by atoms with Crippen molar-refractivity contribution in [2.45, 2.75) is 6.54 Å². The average Bonchev–Trinajstić information content (AvgIpc) is 2.38. The number of carbonyl (C=O) groups excluding carboxylic acids is 1. The maximum Gasteiger partial charge on any atom is 0.270 e. The molecular formula is C12H9F2N3O2. The van der Waals surface area contributed by atoms with Gasteiger partial charge in [-0.25, -0.2) is 13.8 Å². The Hall–Kier alpha value is -2.57. The number of carbonyl (C=O) groups is 1. The van der Waals surface area contributed by atoms with Crippen LogP contribution in [0.25, 0.3) is 0 Å². The van der Waals surface area contributed by atoms with E-state index in [0.29, 0.717) is 0 Å². The second-order valence-electron chi connectivity index (χ2n) is 3.68. The van der Waals surface area contributed by atoms with Crippen molar-refractivity contribution in [3.05, 3.63) is 63.8 Å². The van der Waals surface area contributed by atoms with E-state index in [2.05, 4.69) is 15.3 Å². The fourth-order valence-electron chi connectivity index (χ4n) is 1.45. The second kappa shape index (κ2) is 5.38. The van der Waals surface area contributed by atoms with Crippen LogP contribution in [0, 0.1) is 11.6 Å². The van der Waals surface area contributed by atoms with E-state index in [9.17, 15) is 18.4 Å². The Kier molecular flexibility index (Phi) is 3.65. The standard InChI is InChI=1S/C12H9F2N3O2/c13-8-2-1-3-9(14)7(8)5-15-12(19)10-4-11(18)17-6-16-10/h1-4,6H,5H2,(H,15,19)(H,16,17,18). The van der Waals surface area contributed by atoms with Gasteiger partial charge in [-0.1, -0.05) is 6.07 Å². The highest BCUT2D eigenvalue weighted by molar-refractivity contribution is 5.91. The molecule has 1 aromatic carbocycles. The molecule has 0 saturated heterocycles. The number of hydrogen-bond acceptors (Lipinski definition) is 3. The largest absolute Gasteiger partial charge is 0.346 e. The van der Waals surface area contributed by atoms with Crippen molar-refractivity contribution in [1.82, 2.24) is 15.3 Å². The Balaban J connectivity index is 2.11. The maximum atomic E-state index is 13.3. The van der Waals surface area contributed by atoms with Gasteiger partial charge in [-0.2, -0.15) is 0 Å². The van der Waals surface area contributed by atoms with Crippen molar-refractivity contribution < 1.29 is 13.6 Å². The first-order valence-electron chi connectivity index (χ1n) is 5.34. The first-order valence-corrected chi connectivity index (χ1v) is 5.34. The quantitative estimate of drug-likeness (QED) is 0.868. The van der Waals surface area contributed by atoms with Crippen LogP contribution in [0.1, 0.15) is 16.1 Å². The van der Waals surface area contributed by atoms with Crippen molar-refractivity contribution >= 4 is 5.91 Å². The third-order valence-electron chi connectivity index (χ3n) is 2.40. The predicted molar refractivity (Wildman–Crippen MR) is 62.4 cm³/mol. The second-order valence-corrected chi connectivity index (χ2v) is 3.68. The molecule has 98 valence electrons. The number of amides is 1. The SMILES string of the molecule is O=C(NCc1c(F)cccc1F)c1cc(=O)[nH]cn1. The number of nitrogens with zero attached hydrogens (tertiary/aromatic N) is 1. The lowest BCUT2D eigenvalue weighted by Gasteiger charge is -2.06. The van der Waals surface area contributed by atoms with E-state index in [1.165, 1.54) is 6.07 Å². The third kappa shape index (κ3) is 3.01. The molecule has 0 aliphatic carbocycles. The van der Waals surface area contributed by atoms with Crippen LogP contribution >= 0.6 is 0 Å². The van der Waals surface area contributed by atoms with Gasteiger partial charge < -0.3 is 10.3 Å². The van der Waals surface area contributed by atoms with Crippen molar-refractivity contribution in [2.75, 3.05) is 0 Å². The van der Waals surface area contributed by atoms with Gasteiger partial charge >= 0.3 is 0 Å². The van der Waals surface area contributed by atoms with Crippen LogP contribution in [0.15, 0.2) is 35.4 Å². The molecule has 0 radical (unpaired) electrons. The topological polar surface area (TPSA) is 74.8 Å². The summed E-state index contributed by atoms with van der Waals surface area (Å²) in [4.78, 5) is 28.5.